The van der Waals surface area contributed by atoms with E-state index in [4.69, 9.17) is 23.7 Å². The second-order valence-electron chi connectivity index (χ2n) is 14.1. The summed E-state index contributed by atoms with van der Waals surface area (Å²) in [5.41, 5.74) is -2.36. The Morgan fingerprint density at radius 1 is 1.05 bits per heavy atom. The molecule has 0 spiro atoms. The molecule has 3 heterocycles. The Balaban J connectivity index is 1.21. The first-order valence-electron chi connectivity index (χ1n) is 15.0. The van der Waals surface area contributed by atoms with E-state index >= 15 is 0 Å². The van der Waals surface area contributed by atoms with Crippen molar-refractivity contribution >= 4 is 11.8 Å². The highest BCUT2D eigenvalue weighted by Crippen LogP contribution is 2.69. The fourth-order valence-electron chi connectivity index (χ4n) is 10.4. The van der Waals surface area contributed by atoms with Gasteiger partial charge in [0.2, 0.25) is 12.1 Å². The fourth-order valence-corrected chi connectivity index (χ4v) is 10.4. The Labute approximate surface area is 239 Å². The summed E-state index contributed by atoms with van der Waals surface area (Å²) in [5, 5.41) is 46.5. The molecule has 0 bridgehead atoms. The molecule has 6 fully saturated rings. The zero-order valence-corrected chi connectivity index (χ0v) is 24.0. The van der Waals surface area contributed by atoms with Crippen LogP contribution in [0.5, 0.6) is 0 Å². The first-order valence-corrected chi connectivity index (χ1v) is 15.0. The molecular formula is C30H42O11. The molecule has 0 aromatic rings. The van der Waals surface area contributed by atoms with Crippen LogP contribution in [0, 0.1) is 34.5 Å². The van der Waals surface area contributed by atoms with Gasteiger partial charge in [-0.15, -0.1) is 0 Å². The van der Waals surface area contributed by atoms with Crippen molar-refractivity contribution in [2.24, 2.45) is 34.5 Å². The van der Waals surface area contributed by atoms with Crippen LogP contribution < -0.4 is 0 Å². The summed E-state index contributed by atoms with van der Waals surface area (Å²) in [7, 11) is 1.39. The van der Waals surface area contributed by atoms with E-state index in [1.807, 2.05) is 6.92 Å². The van der Waals surface area contributed by atoms with Gasteiger partial charge in [-0.05, 0) is 74.2 Å². The maximum absolute atomic E-state index is 14.3. The van der Waals surface area contributed by atoms with Gasteiger partial charge in [0.1, 0.15) is 24.9 Å². The Morgan fingerprint density at radius 3 is 2.49 bits per heavy atom. The average molecular weight is 579 g/mol. The van der Waals surface area contributed by atoms with Gasteiger partial charge in [-0.3, -0.25) is 4.79 Å². The van der Waals surface area contributed by atoms with Crippen LogP contribution in [0.2, 0.25) is 0 Å². The first kappa shape index (κ1) is 28.3. The summed E-state index contributed by atoms with van der Waals surface area (Å²) < 4.78 is 29.0. The number of cyclic esters (lactones) is 1. The van der Waals surface area contributed by atoms with Crippen molar-refractivity contribution in [2.75, 3.05) is 13.7 Å². The fraction of sp³-hybridized carbons (Fsp3) is 0.867. The average Bonchev–Trinajstić information content (AvgIpc) is 3.46. The number of aliphatic hydroxyl groups excluding tert-OH is 2. The monoisotopic (exact) mass is 578 g/mol. The number of ether oxygens (including phenoxy) is 5. The van der Waals surface area contributed by atoms with Crippen LogP contribution in [0.15, 0.2) is 11.6 Å². The van der Waals surface area contributed by atoms with Gasteiger partial charge in [-0.25, -0.2) is 4.79 Å². The molecule has 11 nitrogen and oxygen atoms in total. The Hall–Kier alpha value is -1.44. The third kappa shape index (κ3) is 3.49. The first-order chi connectivity index (χ1) is 19.3. The lowest BCUT2D eigenvalue weighted by Crippen LogP contribution is -2.75. The number of aliphatic hydroxyl groups is 4. The van der Waals surface area contributed by atoms with Gasteiger partial charge in [-0.1, -0.05) is 13.8 Å². The van der Waals surface area contributed by atoms with E-state index in [1.165, 1.54) is 13.2 Å². The summed E-state index contributed by atoms with van der Waals surface area (Å²) in [4.78, 5) is 26.2. The van der Waals surface area contributed by atoms with E-state index in [2.05, 4.69) is 0 Å². The van der Waals surface area contributed by atoms with Crippen LogP contribution in [0.25, 0.3) is 0 Å². The number of carbonyl (C=O) groups is 2. The molecule has 4 saturated carbocycles. The molecule has 15 atom stereocenters. The summed E-state index contributed by atoms with van der Waals surface area (Å²) in [6.45, 7) is 5.65. The van der Waals surface area contributed by atoms with E-state index in [-0.39, 0.29) is 30.1 Å². The highest BCUT2D eigenvalue weighted by molar-refractivity contribution is 5.90. The Bertz CT molecular complexity index is 1170. The molecule has 41 heavy (non-hydrogen) atoms. The molecule has 2 saturated heterocycles. The number of hydrogen-bond donors (Lipinski definition) is 4. The predicted octanol–water partition coefficient (Wildman–Crippen LogP) is 0.596. The number of carbonyl (C=O) groups excluding carboxylic acids is 2. The van der Waals surface area contributed by atoms with Gasteiger partial charge in [0.05, 0.1) is 23.9 Å². The lowest BCUT2D eigenvalue weighted by atomic mass is 9.42. The quantitative estimate of drug-likeness (QED) is 0.268. The maximum Gasteiger partial charge on any atom is 0.331 e. The molecule has 3 aliphatic heterocycles. The van der Waals surface area contributed by atoms with E-state index in [0.717, 1.165) is 12.0 Å². The van der Waals surface area contributed by atoms with E-state index in [1.54, 1.807) is 13.8 Å². The van der Waals surface area contributed by atoms with E-state index < -0.39 is 77.0 Å². The summed E-state index contributed by atoms with van der Waals surface area (Å²) >= 11 is 0. The van der Waals surface area contributed by atoms with Gasteiger partial charge in [0.25, 0.3) is 0 Å². The van der Waals surface area contributed by atoms with Crippen molar-refractivity contribution in [1.82, 2.24) is 0 Å². The van der Waals surface area contributed by atoms with Gasteiger partial charge in [0, 0.05) is 24.5 Å². The normalized spacial score (nSPS) is 58.0. The molecule has 7 rings (SSSR count). The lowest BCUT2D eigenvalue weighted by molar-refractivity contribution is -0.470. The number of fused-ring (bicyclic) bond motifs is 7. The summed E-state index contributed by atoms with van der Waals surface area (Å²) in [6.07, 6.45) is -1.67. The molecule has 4 aliphatic carbocycles. The maximum atomic E-state index is 14.3. The second-order valence-corrected chi connectivity index (χ2v) is 14.1. The van der Waals surface area contributed by atoms with Crippen LogP contribution in [0.3, 0.4) is 0 Å². The molecule has 0 radical (unpaired) electrons. The number of hydrogen-bond acceptors (Lipinski definition) is 11. The van der Waals surface area contributed by atoms with Crippen molar-refractivity contribution in [3.8, 4) is 0 Å². The minimum absolute atomic E-state index is 0.0643. The molecule has 0 unspecified atom stereocenters. The Kier molecular flexibility index (Phi) is 6.25. The predicted molar refractivity (Wildman–Crippen MR) is 139 cm³/mol. The third-order valence-corrected chi connectivity index (χ3v) is 12.6. The van der Waals surface area contributed by atoms with Crippen molar-refractivity contribution in [1.29, 1.82) is 0 Å². The van der Waals surface area contributed by atoms with Crippen LogP contribution in [0.1, 0.15) is 59.3 Å². The minimum Gasteiger partial charge on any atom is -0.458 e. The third-order valence-electron chi connectivity index (χ3n) is 12.6. The zero-order chi connectivity index (χ0) is 29.3. The van der Waals surface area contributed by atoms with Crippen LogP contribution in [0.4, 0.5) is 0 Å². The minimum atomic E-state index is -2.04. The van der Waals surface area contributed by atoms with Crippen LogP contribution in [-0.2, 0) is 33.3 Å². The van der Waals surface area contributed by atoms with Crippen molar-refractivity contribution in [3.05, 3.63) is 11.6 Å². The molecular weight excluding hydrogens is 536 g/mol. The number of Topliss-reactive ketones (excluding diaryl/α,β-unsaturated/α-hetero) is 1. The largest absolute Gasteiger partial charge is 0.458 e. The van der Waals surface area contributed by atoms with Gasteiger partial charge >= 0.3 is 5.97 Å². The molecule has 4 N–H and O–H groups in total. The number of esters is 1. The smallest absolute Gasteiger partial charge is 0.331 e. The van der Waals surface area contributed by atoms with Crippen molar-refractivity contribution in [3.63, 3.8) is 0 Å². The molecule has 228 valence electrons. The van der Waals surface area contributed by atoms with Crippen molar-refractivity contribution < 1.29 is 53.7 Å². The van der Waals surface area contributed by atoms with Gasteiger partial charge in [0.15, 0.2) is 5.78 Å². The summed E-state index contributed by atoms with van der Waals surface area (Å²) in [6, 6.07) is 0. The molecule has 11 heteroatoms. The summed E-state index contributed by atoms with van der Waals surface area (Å²) in [5.74, 6) is -4.03. The highest BCUT2D eigenvalue weighted by Gasteiger charge is 2.75. The van der Waals surface area contributed by atoms with Gasteiger partial charge < -0.3 is 44.1 Å². The second kappa shape index (κ2) is 9.04. The zero-order valence-electron chi connectivity index (χ0n) is 24.0. The van der Waals surface area contributed by atoms with E-state index in [0.29, 0.717) is 32.1 Å². The lowest BCUT2D eigenvalue weighted by Gasteiger charge is -2.65. The molecule has 7 aliphatic rings. The number of ketones is 1. The van der Waals surface area contributed by atoms with Crippen molar-refractivity contribution in [2.45, 2.75) is 114 Å². The number of rotatable bonds is 2. The van der Waals surface area contributed by atoms with E-state index in [9.17, 15) is 30.0 Å². The van der Waals surface area contributed by atoms with Crippen LogP contribution >= 0.6 is 0 Å². The number of methoxy groups -OCH3 is 1. The van der Waals surface area contributed by atoms with Crippen LogP contribution in [-0.4, -0.2) is 100 Å². The standard InChI is InChI=1S/C30H42O11/c1-13-22(32)25(37-4)30(36)26(39-13)40-18-10-15-5-6-17-21(27(15,2)11-19(18)41-30)23(33)24(34)28(3)16(7-8-29(17,28)35)14-9-20(31)38-12-14/h9,13,15-19,21-22,24-26,32,34-36H,5-8,10-12H2,1-4H3/t13-,15-,16-,17+,18-,19-,21+,22+,24+,25-,26+,27+,28+,29+,30+/m1/s1. The van der Waals surface area contributed by atoms with Gasteiger partial charge in [-0.2, -0.15) is 0 Å². The Morgan fingerprint density at radius 2 is 1.80 bits per heavy atom. The SMILES string of the molecule is CO[C@@H]1[C@@H](O)[C@@H](C)O[C@H]2O[C@@H]3C[C@H]4CC[C@H]5[C@@H](C(=O)[C@H](O)[C@]6(C)[C@@H](C7=CC(=O)OC7)CC[C@]56O)[C@@]4(C)C[C@H]3O[C@]21O. The molecule has 0 aromatic carbocycles. The topological polar surface area (TPSA) is 161 Å². The highest BCUT2D eigenvalue weighted by atomic mass is 16.8. The molecule has 0 amide bonds. The molecule has 0 aromatic heterocycles.